The van der Waals surface area contributed by atoms with Crippen LogP contribution in [0.4, 0.5) is 4.39 Å². The van der Waals surface area contributed by atoms with Crippen LogP contribution in [-0.2, 0) is 22.2 Å². The van der Waals surface area contributed by atoms with Crippen molar-refractivity contribution in [1.29, 1.82) is 0 Å². The SMILES string of the molecule is O=C1C=C(c2ccc(O[C@@H]3CCc4c(-c5ccccc5F)cccc43)cc2)S(=O)N1. The number of rotatable bonds is 4. The Hall–Kier alpha value is -3.25. The van der Waals surface area contributed by atoms with Gasteiger partial charge in [-0.05, 0) is 53.3 Å². The van der Waals surface area contributed by atoms with Gasteiger partial charge in [0.25, 0.3) is 5.91 Å². The van der Waals surface area contributed by atoms with Crippen LogP contribution < -0.4 is 9.46 Å². The molecule has 2 aliphatic rings. The number of fused-ring (bicyclic) bond motifs is 1. The summed E-state index contributed by atoms with van der Waals surface area (Å²) in [7, 11) is -1.51. The minimum Gasteiger partial charge on any atom is -0.486 e. The highest BCUT2D eigenvalue weighted by Crippen LogP contribution is 2.40. The molecule has 1 unspecified atom stereocenters. The lowest BCUT2D eigenvalue weighted by molar-refractivity contribution is -0.114. The molecular weight excluding hydrogens is 401 g/mol. The Kier molecular flexibility index (Phi) is 4.71. The third-order valence-electron chi connectivity index (χ3n) is 5.45. The van der Waals surface area contributed by atoms with Crippen LogP contribution in [0.25, 0.3) is 16.0 Å². The van der Waals surface area contributed by atoms with Gasteiger partial charge in [-0.25, -0.2) is 8.60 Å². The minimum absolute atomic E-state index is 0.111. The number of ether oxygens (including phenoxy) is 1. The summed E-state index contributed by atoms with van der Waals surface area (Å²) in [6.07, 6.45) is 2.88. The Labute approximate surface area is 176 Å². The summed E-state index contributed by atoms with van der Waals surface area (Å²) in [4.78, 5) is 11.8. The van der Waals surface area contributed by atoms with E-state index in [1.165, 1.54) is 12.1 Å². The van der Waals surface area contributed by atoms with Crippen LogP contribution in [-0.4, -0.2) is 10.1 Å². The molecule has 1 amide bonds. The standard InChI is InChI=1S/C24H18FNO3S/c25-21-7-2-1-4-19(21)17-5-3-6-20-18(17)12-13-22(20)29-16-10-8-15(9-11-16)23-14-24(27)26-30(23)28/h1-11,14,22H,12-13H2,(H,26,27)/t22-,30?/m1/s1. The number of nitrogens with one attached hydrogen (secondary N) is 1. The second-order valence-electron chi connectivity index (χ2n) is 7.27. The van der Waals surface area contributed by atoms with E-state index in [0.717, 1.165) is 29.5 Å². The highest BCUT2D eigenvalue weighted by Gasteiger charge is 2.27. The first-order chi connectivity index (χ1) is 14.6. The van der Waals surface area contributed by atoms with E-state index in [1.807, 2.05) is 36.4 Å². The largest absolute Gasteiger partial charge is 0.486 e. The number of hydrogen-bond donors (Lipinski definition) is 1. The van der Waals surface area contributed by atoms with Gasteiger partial charge in [-0.1, -0.05) is 48.5 Å². The summed E-state index contributed by atoms with van der Waals surface area (Å²) >= 11 is 0. The number of hydrogen-bond acceptors (Lipinski definition) is 3. The molecule has 0 saturated heterocycles. The van der Waals surface area contributed by atoms with E-state index in [0.29, 0.717) is 21.8 Å². The quantitative estimate of drug-likeness (QED) is 0.667. The molecule has 1 aliphatic carbocycles. The van der Waals surface area contributed by atoms with Gasteiger partial charge in [0.05, 0.1) is 4.91 Å². The first-order valence-electron chi connectivity index (χ1n) is 9.68. The Morgan fingerprint density at radius 2 is 1.73 bits per heavy atom. The second kappa shape index (κ2) is 7.54. The second-order valence-corrected chi connectivity index (χ2v) is 8.45. The summed E-state index contributed by atoms with van der Waals surface area (Å²) < 4.78 is 34.8. The fourth-order valence-electron chi connectivity index (χ4n) is 4.07. The molecule has 3 aromatic carbocycles. The van der Waals surface area contributed by atoms with Gasteiger partial charge < -0.3 is 4.74 Å². The number of carbonyl (C=O) groups excluding carboxylic acids is 1. The third-order valence-corrected chi connectivity index (χ3v) is 6.59. The van der Waals surface area contributed by atoms with Crippen LogP contribution in [0.3, 0.4) is 0 Å². The monoisotopic (exact) mass is 419 g/mol. The van der Waals surface area contributed by atoms with E-state index in [1.54, 1.807) is 24.3 Å². The molecule has 0 bridgehead atoms. The third kappa shape index (κ3) is 3.33. The van der Waals surface area contributed by atoms with Crippen molar-refractivity contribution in [3.63, 3.8) is 0 Å². The van der Waals surface area contributed by atoms with Gasteiger partial charge in [-0.2, -0.15) is 0 Å². The van der Waals surface area contributed by atoms with E-state index >= 15 is 0 Å². The van der Waals surface area contributed by atoms with Crippen LogP contribution in [0.2, 0.25) is 0 Å². The van der Waals surface area contributed by atoms with Crippen molar-refractivity contribution in [2.24, 2.45) is 0 Å². The van der Waals surface area contributed by atoms with Gasteiger partial charge in [0.2, 0.25) is 0 Å². The van der Waals surface area contributed by atoms with Crippen molar-refractivity contribution in [2.75, 3.05) is 0 Å². The molecular formula is C24H18FNO3S. The summed E-state index contributed by atoms with van der Waals surface area (Å²) in [5, 5.41) is 0. The molecule has 4 nitrogen and oxygen atoms in total. The zero-order chi connectivity index (χ0) is 20.7. The van der Waals surface area contributed by atoms with Crippen molar-refractivity contribution in [2.45, 2.75) is 18.9 Å². The highest BCUT2D eigenvalue weighted by atomic mass is 32.2. The lowest BCUT2D eigenvalue weighted by Crippen LogP contribution is -2.16. The number of halogens is 1. The van der Waals surface area contributed by atoms with E-state index in [-0.39, 0.29) is 17.8 Å². The normalized spacial score (nSPS) is 19.9. The van der Waals surface area contributed by atoms with Crippen LogP contribution in [0.1, 0.15) is 29.2 Å². The molecule has 1 heterocycles. The molecule has 0 spiro atoms. The fraction of sp³-hybridized carbons (Fsp3) is 0.125. The molecule has 30 heavy (non-hydrogen) atoms. The van der Waals surface area contributed by atoms with Crippen LogP contribution in [0, 0.1) is 5.82 Å². The van der Waals surface area contributed by atoms with Gasteiger partial charge >= 0.3 is 0 Å². The molecule has 1 N–H and O–H groups in total. The first-order valence-corrected chi connectivity index (χ1v) is 10.8. The molecule has 1 aliphatic heterocycles. The van der Waals surface area contributed by atoms with Crippen LogP contribution in [0.15, 0.2) is 72.8 Å². The zero-order valence-corrected chi connectivity index (χ0v) is 16.7. The van der Waals surface area contributed by atoms with Gasteiger partial charge in [-0.3, -0.25) is 9.52 Å². The maximum absolute atomic E-state index is 14.3. The first kappa shape index (κ1) is 18.8. The minimum atomic E-state index is -1.51. The summed E-state index contributed by atoms with van der Waals surface area (Å²) in [5.41, 5.74) is 4.45. The van der Waals surface area contributed by atoms with E-state index in [2.05, 4.69) is 4.72 Å². The Morgan fingerprint density at radius 3 is 2.47 bits per heavy atom. The molecule has 2 atom stereocenters. The van der Waals surface area contributed by atoms with Crippen molar-refractivity contribution in [1.82, 2.24) is 4.72 Å². The Balaban J connectivity index is 1.39. The smallest absolute Gasteiger partial charge is 0.257 e. The van der Waals surface area contributed by atoms with Crippen LogP contribution >= 0.6 is 0 Å². The molecule has 150 valence electrons. The number of benzene rings is 3. The average molecular weight is 419 g/mol. The lowest BCUT2D eigenvalue weighted by atomic mass is 9.96. The van der Waals surface area contributed by atoms with E-state index in [9.17, 15) is 13.4 Å². The predicted molar refractivity (Wildman–Crippen MR) is 114 cm³/mol. The zero-order valence-electron chi connectivity index (χ0n) is 15.9. The van der Waals surface area contributed by atoms with Gasteiger partial charge in [0.1, 0.15) is 17.7 Å². The molecule has 5 rings (SSSR count). The Bertz CT molecular complexity index is 1200. The van der Waals surface area contributed by atoms with Gasteiger partial charge in [0, 0.05) is 11.6 Å². The topological polar surface area (TPSA) is 55.4 Å². The van der Waals surface area contributed by atoms with Gasteiger partial charge in [0.15, 0.2) is 11.0 Å². The fourth-order valence-corrected chi connectivity index (χ4v) is 4.99. The van der Waals surface area contributed by atoms with E-state index < -0.39 is 11.0 Å². The van der Waals surface area contributed by atoms with Crippen molar-refractivity contribution >= 4 is 21.8 Å². The van der Waals surface area contributed by atoms with Crippen LogP contribution in [0.5, 0.6) is 5.75 Å². The molecule has 3 aromatic rings. The van der Waals surface area contributed by atoms with Gasteiger partial charge in [-0.15, -0.1) is 0 Å². The maximum Gasteiger partial charge on any atom is 0.257 e. The predicted octanol–water partition coefficient (Wildman–Crippen LogP) is 4.69. The van der Waals surface area contributed by atoms with E-state index in [4.69, 9.17) is 4.74 Å². The average Bonchev–Trinajstić information content (AvgIpc) is 3.31. The molecule has 0 radical (unpaired) electrons. The lowest BCUT2D eigenvalue weighted by Gasteiger charge is -2.16. The molecule has 6 heteroatoms. The molecule has 0 saturated carbocycles. The molecule has 0 fully saturated rings. The summed E-state index contributed by atoms with van der Waals surface area (Å²) in [6, 6.07) is 20.0. The van der Waals surface area contributed by atoms with Crippen molar-refractivity contribution < 1.29 is 18.1 Å². The van der Waals surface area contributed by atoms with Crippen molar-refractivity contribution in [3.05, 3.63) is 95.3 Å². The maximum atomic E-state index is 14.3. The number of carbonyl (C=O) groups is 1. The van der Waals surface area contributed by atoms with Crippen molar-refractivity contribution in [3.8, 4) is 16.9 Å². The molecule has 0 aromatic heterocycles. The Morgan fingerprint density at radius 1 is 0.967 bits per heavy atom. The summed E-state index contributed by atoms with van der Waals surface area (Å²) in [6.45, 7) is 0. The highest BCUT2D eigenvalue weighted by molar-refractivity contribution is 7.93. The number of amides is 1. The summed E-state index contributed by atoms with van der Waals surface area (Å²) in [5.74, 6) is 0.117.